The Labute approximate surface area is 112 Å². The van der Waals surface area contributed by atoms with Gasteiger partial charge in [-0.15, -0.1) is 0 Å². The molecule has 0 saturated carbocycles. The standard InChI is InChI=1S/C10H15N3O4S2/c11-10-9(4-1-5-12-10)19(16,17)13-7-8-3-2-6-18(8,14)15/h1,4-5,8,13H,2-3,6-7H2,(H2,11,12). The molecule has 1 aliphatic heterocycles. The van der Waals surface area contributed by atoms with Crippen molar-refractivity contribution in [3.05, 3.63) is 18.3 Å². The molecule has 1 saturated heterocycles. The second-order valence-electron chi connectivity index (χ2n) is 4.37. The summed E-state index contributed by atoms with van der Waals surface area (Å²) in [6.07, 6.45) is 2.44. The van der Waals surface area contributed by atoms with E-state index in [1.165, 1.54) is 18.3 Å². The lowest BCUT2D eigenvalue weighted by Crippen LogP contribution is -2.35. The minimum atomic E-state index is -3.83. The van der Waals surface area contributed by atoms with E-state index in [4.69, 9.17) is 5.73 Å². The van der Waals surface area contributed by atoms with Crippen molar-refractivity contribution in [2.45, 2.75) is 23.0 Å². The lowest BCUT2D eigenvalue weighted by Gasteiger charge is -2.12. The normalized spacial score (nSPS) is 22.4. The molecule has 9 heteroatoms. The van der Waals surface area contributed by atoms with Gasteiger partial charge in [0.15, 0.2) is 9.84 Å². The van der Waals surface area contributed by atoms with Gasteiger partial charge < -0.3 is 5.73 Å². The molecule has 1 atom stereocenters. The number of nitrogen functional groups attached to an aromatic ring is 1. The number of hydrogen-bond donors (Lipinski definition) is 2. The van der Waals surface area contributed by atoms with Gasteiger partial charge in [0.05, 0.1) is 11.0 Å². The van der Waals surface area contributed by atoms with Crippen molar-refractivity contribution in [2.75, 3.05) is 18.0 Å². The van der Waals surface area contributed by atoms with Gasteiger partial charge in [0, 0.05) is 12.7 Å². The van der Waals surface area contributed by atoms with E-state index < -0.39 is 25.1 Å². The summed E-state index contributed by atoms with van der Waals surface area (Å²) in [4.78, 5) is 3.56. The Morgan fingerprint density at radius 3 is 2.79 bits per heavy atom. The molecule has 1 fully saturated rings. The molecule has 0 bridgehead atoms. The van der Waals surface area contributed by atoms with Gasteiger partial charge in [-0.3, -0.25) is 0 Å². The summed E-state index contributed by atoms with van der Waals surface area (Å²) in [6.45, 7) is -0.126. The molecule has 0 spiro atoms. The Morgan fingerprint density at radius 1 is 1.47 bits per heavy atom. The summed E-state index contributed by atoms with van der Waals surface area (Å²) in [5.41, 5.74) is 5.50. The maximum absolute atomic E-state index is 12.0. The van der Waals surface area contributed by atoms with E-state index in [-0.39, 0.29) is 23.0 Å². The molecule has 1 aromatic rings. The summed E-state index contributed by atoms with van der Waals surface area (Å²) in [7, 11) is -7.01. The van der Waals surface area contributed by atoms with Crippen molar-refractivity contribution in [3.63, 3.8) is 0 Å². The third-order valence-electron chi connectivity index (χ3n) is 3.05. The summed E-state index contributed by atoms with van der Waals surface area (Å²) in [5, 5.41) is -0.653. The quantitative estimate of drug-likeness (QED) is 0.775. The zero-order chi connectivity index (χ0) is 14.1. The van der Waals surface area contributed by atoms with E-state index in [0.29, 0.717) is 12.8 Å². The number of nitrogens with one attached hydrogen (secondary N) is 1. The van der Waals surface area contributed by atoms with Gasteiger partial charge in [-0.2, -0.15) is 0 Å². The van der Waals surface area contributed by atoms with Gasteiger partial charge in [-0.05, 0) is 25.0 Å². The maximum atomic E-state index is 12.0. The van der Waals surface area contributed by atoms with E-state index in [9.17, 15) is 16.8 Å². The van der Waals surface area contributed by atoms with Gasteiger partial charge in [0.2, 0.25) is 10.0 Å². The fourth-order valence-electron chi connectivity index (χ4n) is 2.00. The molecule has 3 N–H and O–H groups in total. The summed E-state index contributed by atoms with van der Waals surface area (Å²) < 4.78 is 49.5. The molecular formula is C10H15N3O4S2. The lowest BCUT2D eigenvalue weighted by atomic mass is 10.2. The third kappa shape index (κ3) is 3.04. The molecule has 2 heterocycles. The Bertz CT molecular complexity index is 670. The van der Waals surface area contributed by atoms with Crippen molar-refractivity contribution in [1.29, 1.82) is 0 Å². The number of pyridine rings is 1. The van der Waals surface area contributed by atoms with Gasteiger partial charge in [0.25, 0.3) is 0 Å². The minimum Gasteiger partial charge on any atom is -0.383 e. The minimum absolute atomic E-state index is 0.107. The van der Waals surface area contributed by atoms with Crippen molar-refractivity contribution in [3.8, 4) is 0 Å². The zero-order valence-corrected chi connectivity index (χ0v) is 11.7. The topological polar surface area (TPSA) is 119 Å². The van der Waals surface area contributed by atoms with Gasteiger partial charge in [-0.25, -0.2) is 26.5 Å². The number of sulfonamides is 1. The molecule has 106 valence electrons. The first-order valence-corrected chi connectivity index (χ1v) is 8.94. The van der Waals surface area contributed by atoms with Crippen LogP contribution in [0.1, 0.15) is 12.8 Å². The van der Waals surface area contributed by atoms with Gasteiger partial charge in [0.1, 0.15) is 10.7 Å². The Hall–Kier alpha value is -1.19. The van der Waals surface area contributed by atoms with Crippen molar-refractivity contribution < 1.29 is 16.8 Å². The number of anilines is 1. The molecule has 1 aliphatic rings. The van der Waals surface area contributed by atoms with Crippen LogP contribution in [0.5, 0.6) is 0 Å². The van der Waals surface area contributed by atoms with E-state index in [1.807, 2.05) is 0 Å². The molecule has 0 aromatic carbocycles. The van der Waals surface area contributed by atoms with Crippen molar-refractivity contribution >= 4 is 25.7 Å². The predicted octanol–water partition coefficient (Wildman–Crippen LogP) is -0.481. The first kappa shape index (κ1) is 14.2. The smallest absolute Gasteiger partial charge is 0.244 e. The number of rotatable bonds is 4. The highest BCUT2D eigenvalue weighted by Gasteiger charge is 2.32. The predicted molar refractivity (Wildman–Crippen MR) is 70.6 cm³/mol. The number of sulfone groups is 1. The van der Waals surface area contributed by atoms with Gasteiger partial charge in [-0.1, -0.05) is 0 Å². The average Bonchev–Trinajstić information content (AvgIpc) is 2.66. The Kier molecular flexibility index (Phi) is 3.79. The van der Waals surface area contributed by atoms with E-state index in [2.05, 4.69) is 9.71 Å². The average molecular weight is 305 g/mol. The highest BCUT2D eigenvalue weighted by molar-refractivity contribution is 7.92. The van der Waals surface area contributed by atoms with Crippen LogP contribution < -0.4 is 10.5 Å². The largest absolute Gasteiger partial charge is 0.383 e. The fraction of sp³-hybridized carbons (Fsp3) is 0.500. The lowest BCUT2D eigenvalue weighted by molar-refractivity contribution is 0.571. The molecule has 0 amide bonds. The van der Waals surface area contributed by atoms with Crippen LogP contribution in [0.4, 0.5) is 5.82 Å². The van der Waals surface area contributed by atoms with Crippen molar-refractivity contribution in [2.24, 2.45) is 0 Å². The monoisotopic (exact) mass is 305 g/mol. The Balaban J connectivity index is 2.13. The van der Waals surface area contributed by atoms with Crippen LogP contribution in [0.2, 0.25) is 0 Å². The number of aromatic nitrogens is 1. The molecule has 0 aliphatic carbocycles. The second-order valence-corrected chi connectivity index (χ2v) is 8.51. The number of hydrogen-bond acceptors (Lipinski definition) is 6. The van der Waals surface area contributed by atoms with E-state index in [1.54, 1.807) is 0 Å². The molecule has 19 heavy (non-hydrogen) atoms. The van der Waals surface area contributed by atoms with Crippen LogP contribution in [-0.4, -0.2) is 39.4 Å². The van der Waals surface area contributed by atoms with E-state index in [0.717, 1.165) is 0 Å². The molecule has 0 radical (unpaired) electrons. The first-order chi connectivity index (χ1) is 8.83. The SMILES string of the molecule is Nc1ncccc1S(=O)(=O)NCC1CCCS1(=O)=O. The van der Waals surface area contributed by atoms with Crippen LogP contribution >= 0.6 is 0 Å². The second kappa shape index (κ2) is 5.06. The van der Waals surface area contributed by atoms with Crippen LogP contribution in [0.25, 0.3) is 0 Å². The highest BCUT2D eigenvalue weighted by atomic mass is 32.2. The molecule has 2 rings (SSSR count). The van der Waals surface area contributed by atoms with Crippen LogP contribution in [0, 0.1) is 0 Å². The van der Waals surface area contributed by atoms with Crippen LogP contribution in [0.3, 0.4) is 0 Å². The highest BCUT2D eigenvalue weighted by Crippen LogP contribution is 2.20. The Morgan fingerprint density at radius 2 is 2.21 bits per heavy atom. The van der Waals surface area contributed by atoms with Gasteiger partial charge >= 0.3 is 0 Å². The van der Waals surface area contributed by atoms with Crippen molar-refractivity contribution in [1.82, 2.24) is 9.71 Å². The first-order valence-electron chi connectivity index (χ1n) is 5.75. The number of nitrogens with two attached hydrogens (primary N) is 1. The summed E-state index contributed by atoms with van der Waals surface area (Å²) >= 11 is 0. The van der Waals surface area contributed by atoms with Crippen LogP contribution in [0.15, 0.2) is 23.2 Å². The molecule has 7 nitrogen and oxygen atoms in total. The molecule has 1 aromatic heterocycles. The van der Waals surface area contributed by atoms with Crippen LogP contribution in [-0.2, 0) is 19.9 Å². The molecular weight excluding hydrogens is 290 g/mol. The third-order valence-corrected chi connectivity index (χ3v) is 6.80. The summed E-state index contributed by atoms with van der Waals surface area (Å²) in [5.74, 6) is 0.0123. The number of nitrogens with zero attached hydrogens (tertiary/aromatic N) is 1. The maximum Gasteiger partial charge on any atom is 0.244 e. The zero-order valence-electron chi connectivity index (χ0n) is 10.1. The van der Waals surface area contributed by atoms with E-state index >= 15 is 0 Å². The summed E-state index contributed by atoms with van der Waals surface area (Å²) in [6, 6.07) is 2.78. The fourth-order valence-corrected chi connectivity index (χ4v) is 5.03. The molecule has 1 unspecified atom stereocenters.